The zero-order valence-electron chi connectivity index (χ0n) is 16.2. The maximum absolute atomic E-state index is 12.3. The molecule has 0 amide bonds. The van der Waals surface area contributed by atoms with Gasteiger partial charge in [0.2, 0.25) is 21.9 Å². The molecule has 160 valence electrons. The first-order chi connectivity index (χ1) is 13.9. The van der Waals surface area contributed by atoms with Crippen molar-refractivity contribution in [2.75, 3.05) is 35.6 Å². The summed E-state index contributed by atoms with van der Waals surface area (Å²) < 4.78 is 29.0. The van der Waals surface area contributed by atoms with Crippen LogP contribution in [0.25, 0.3) is 5.65 Å². The molecule has 0 radical (unpaired) electrons. The number of anilines is 2. The maximum Gasteiger partial charge on any atom is 0.230 e. The molecule has 3 heterocycles. The second-order valence-electron chi connectivity index (χ2n) is 7.75. The topological polar surface area (TPSA) is 131 Å². The van der Waals surface area contributed by atoms with Gasteiger partial charge in [0.25, 0.3) is 0 Å². The molecule has 4 N–H and O–H groups in total. The van der Waals surface area contributed by atoms with Crippen molar-refractivity contribution in [3.63, 3.8) is 0 Å². The number of rotatable bonds is 7. The van der Waals surface area contributed by atoms with Crippen LogP contribution in [0.1, 0.15) is 38.5 Å². The molecule has 0 spiro atoms. The number of nitrogens with zero attached hydrogens (tertiary/aromatic N) is 5. The minimum Gasteiger partial charge on any atom is -0.353 e. The Morgan fingerprint density at radius 3 is 2.62 bits per heavy atom. The minimum atomic E-state index is -3.36. The Morgan fingerprint density at radius 2 is 1.90 bits per heavy atom. The summed E-state index contributed by atoms with van der Waals surface area (Å²) in [6.07, 6.45) is 5.73. The minimum absolute atomic E-state index is 0.0438. The monoisotopic (exact) mass is 442 g/mol. The molecule has 12 heteroatoms. The fraction of sp³-hybridized carbons (Fsp3) is 0.706. The van der Waals surface area contributed by atoms with E-state index in [9.17, 15) is 8.42 Å². The van der Waals surface area contributed by atoms with Crippen molar-refractivity contribution in [2.45, 2.75) is 50.6 Å². The zero-order chi connectivity index (χ0) is 20.4. The Balaban J connectivity index is 1.47. The maximum atomic E-state index is 12.3. The molecule has 1 aliphatic carbocycles. The Bertz CT molecular complexity index is 952. The molecular formula is C17H27ClN8O2S. The van der Waals surface area contributed by atoms with Gasteiger partial charge < -0.3 is 16.0 Å². The summed E-state index contributed by atoms with van der Waals surface area (Å²) in [5.41, 5.74) is 6.55. The van der Waals surface area contributed by atoms with Gasteiger partial charge in [-0.2, -0.15) is 19.6 Å². The number of aromatic nitrogens is 4. The second kappa shape index (κ2) is 8.58. The zero-order valence-corrected chi connectivity index (χ0v) is 17.8. The van der Waals surface area contributed by atoms with Crippen molar-refractivity contribution >= 4 is 39.2 Å². The highest BCUT2D eigenvalue weighted by molar-refractivity contribution is 7.89. The SMILES string of the molecule is NC1CCN(c2nc(NCCS(=O)(=O)NC3CCCC3)n3nc(Cl)cc3n2)CC1. The molecule has 0 bridgehead atoms. The van der Waals surface area contributed by atoms with Crippen LogP contribution in [0.5, 0.6) is 0 Å². The van der Waals surface area contributed by atoms with Crippen molar-refractivity contribution in [3.8, 4) is 0 Å². The van der Waals surface area contributed by atoms with E-state index in [1.54, 1.807) is 6.07 Å². The molecule has 2 fully saturated rings. The van der Waals surface area contributed by atoms with Crippen LogP contribution < -0.4 is 20.7 Å². The van der Waals surface area contributed by atoms with Gasteiger partial charge in [-0.1, -0.05) is 24.4 Å². The third-order valence-electron chi connectivity index (χ3n) is 5.46. The number of halogens is 1. The Hall–Kier alpha value is -1.69. The number of hydrogen-bond donors (Lipinski definition) is 3. The van der Waals surface area contributed by atoms with Gasteiger partial charge in [-0.3, -0.25) is 0 Å². The summed E-state index contributed by atoms with van der Waals surface area (Å²) in [5, 5.41) is 7.59. The molecule has 0 atom stereocenters. The lowest BCUT2D eigenvalue weighted by Gasteiger charge is -2.30. The van der Waals surface area contributed by atoms with Gasteiger partial charge in [0.1, 0.15) is 0 Å². The smallest absolute Gasteiger partial charge is 0.230 e. The summed E-state index contributed by atoms with van der Waals surface area (Å²) in [7, 11) is -3.36. The quantitative estimate of drug-likeness (QED) is 0.578. The molecule has 0 unspecified atom stereocenters. The first-order valence-corrected chi connectivity index (χ1v) is 12.1. The highest BCUT2D eigenvalue weighted by Gasteiger charge is 2.23. The lowest BCUT2D eigenvalue weighted by atomic mass is 10.1. The van der Waals surface area contributed by atoms with Crippen LogP contribution in [0.2, 0.25) is 5.15 Å². The van der Waals surface area contributed by atoms with Gasteiger partial charge in [0, 0.05) is 37.8 Å². The average molecular weight is 443 g/mol. The van der Waals surface area contributed by atoms with Gasteiger partial charge in [-0.05, 0) is 25.7 Å². The lowest BCUT2D eigenvalue weighted by molar-refractivity contribution is 0.495. The molecule has 4 rings (SSSR count). The van der Waals surface area contributed by atoms with Gasteiger partial charge in [-0.15, -0.1) is 0 Å². The molecule has 2 aliphatic rings. The highest BCUT2D eigenvalue weighted by Crippen LogP contribution is 2.21. The normalized spacial score (nSPS) is 19.3. The molecule has 1 saturated heterocycles. The molecular weight excluding hydrogens is 416 g/mol. The molecule has 1 saturated carbocycles. The summed E-state index contributed by atoms with van der Waals surface area (Å²) >= 11 is 6.05. The number of nitrogens with one attached hydrogen (secondary N) is 2. The van der Waals surface area contributed by atoms with E-state index in [-0.39, 0.29) is 24.4 Å². The van der Waals surface area contributed by atoms with E-state index in [1.165, 1.54) is 4.52 Å². The second-order valence-corrected chi connectivity index (χ2v) is 10.0. The Morgan fingerprint density at radius 1 is 1.17 bits per heavy atom. The molecule has 2 aromatic rings. The van der Waals surface area contributed by atoms with E-state index in [0.29, 0.717) is 22.7 Å². The van der Waals surface area contributed by atoms with Crippen LogP contribution in [0.15, 0.2) is 6.07 Å². The number of nitrogens with two attached hydrogens (primary N) is 1. The van der Waals surface area contributed by atoms with E-state index in [4.69, 9.17) is 17.3 Å². The molecule has 10 nitrogen and oxygen atoms in total. The van der Waals surface area contributed by atoms with Crippen LogP contribution in [-0.4, -0.2) is 65.5 Å². The number of piperidine rings is 1. The summed E-state index contributed by atoms with van der Waals surface area (Å²) in [5.74, 6) is 0.941. The fourth-order valence-corrected chi connectivity index (χ4v) is 5.26. The summed E-state index contributed by atoms with van der Waals surface area (Å²) in [6, 6.07) is 1.92. The average Bonchev–Trinajstić information content (AvgIpc) is 3.30. The van der Waals surface area contributed by atoms with E-state index < -0.39 is 10.0 Å². The van der Waals surface area contributed by atoms with Crippen LogP contribution in [0, 0.1) is 0 Å². The number of fused-ring (bicyclic) bond motifs is 1. The third-order valence-corrected chi connectivity index (χ3v) is 7.08. The van der Waals surface area contributed by atoms with Gasteiger partial charge >= 0.3 is 0 Å². The molecule has 1 aliphatic heterocycles. The third kappa shape index (κ3) is 5.08. The largest absolute Gasteiger partial charge is 0.353 e. The van der Waals surface area contributed by atoms with Crippen LogP contribution in [0.4, 0.5) is 11.9 Å². The van der Waals surface area contributed by atoms with E-state index >= 15 is 0 Å². The van der Waals surface area contributed by atoms with Gasteiger partial charge in [0.15, 0.2) is 10.8 Å². The van der Waals surface area contributed by atoms with Gasteiger partial charge in [-0.25, -0.2) is 13.1 Å². The fourth-order valence-electron chi connectivity index (χ4n) is 3.86. The van der Waals surface area contributed by atoms with Crippen LogP contribution in [0.3, 0.4) is 0 Å². The van der Waals surface area contributed by atoms with Crippen molar-refractivity contribution in [3.05, 3.63) is 11.2 Å². The standard InChI is InChI=1S/C17H27ClN8O2S/c18-14-11-15-21-17(25-8-5-12(19)6-9-25)22-16(26(15)23-14)20-7-10-29(27,28)24-13-3-1-2-4-13/h11-13,24H,1-10,19H2,(H,20,21,22). The predicted octanol–water partition coefficient (Wildman–Crippen LogP) is 0.979. The van der Waals surface area contributed by atoms with Crippen molar-refractivity contribution in [2.24, 2.45) is 5.73 Å². The Kier molecular flexibility index (Phi) is 6.09. The first kappa shape index (κ1) is 20.6. The molecule has 2 aromatic heterocycles. The van der Waals surface area contributed by atoms with Crippen molar-refractivity contribution in [1.82, 2.24) is 24.3 Å². The highest BCUT2D eigenvalue weighted by atomic mass is 35.5. The van der Waals surface area contributed by atoms with Crippen molar-refractivity contribution in [1.29, 1.82) is 0 Å². The molecule has 0 aromatic carbocycles. The van der Waals surface area contributed by atoms with Crippen molar-refractivity contribution < 1.29 is 8.42 Å². The number of sulfonamides is 1. The number of hydrogen-bond acceptors (Lipinski definition) is 8. The van der Waals surface area contributed by atoms with E-state index in [2.05, 4.69) is 30.0 Å². The predicted molar refractivity (Wildman–Crippen MR) is 113 cm³/mol. The summed E-state index contributed by atoms with van der Waals surface area (Å²) in [6.45, 7) is 1.76. The first-order valence-electron chi connectivity index (χ1n) is 10.1. The Labute approximate surface area is 175 Å². The molecule has 29 heavy (non-hydrogen) atoms. The summed E-state index contributed by atoms with van der Waals surface area (Å²) in [4.78, 5) is 11.2. The van der Waals surface area contributed by atoms with E-state index in [1.807, 2.05) is 0 Å². The van der Waals surface area contributed by atoms with Crippen LogP contribution in [-0.2, 0) is 10.0 Å². The van der Waals surface area contributed by atoms with E-state index in [0.717, 1.165) is 51.6 Å². The van der Waals surface area contributed by atoms with Gasteiger partial charge in [0.05, 0.1) is 5.75 Å². The lowest BCUT2D eigenvalue weighted by Crippen LogP contribution is -2.40. The van der Waals surface area contributed by atoms with Crippen LogP contribution >= 0.6 is 11.6 Å².